The summed E-state index contributed by atoms with van der Waals surface area (Å²) in [6.45, 7) is 0. The lowest BCUT2D eigenvalue weighted by Gasteiger charge is -2.16. The van der Waals surface area contributed by atoms with Crippen LogP contribution in [0.5, 0.6) is 0 Å². The summed E-state index contributed by atoms with van der Waals surface area (Å²) in [5.41, 5.74) is 3.57. The molecular weight excluding hydrogens is 366 g/mol. The van der Waals surface area contributed by atoms with Crippen LogP contribution in [0.15, 0.2) is 60.7 Å². The molecule has 3 aromatic rings. The van der Waals surface area contributed by atoms with E-state index in [-0.39, 0.29) is 6.42 Å². The molecule has 5 nitrogen and oxygen atoms in total. The Morgan fingerprint density at radius 2 is 1.74 bits per heavy atom. The molecule has 1 N–H and O–H groups in total. The maximum Gasteiger partial charge on any atom is 0.339 e. The maximum absolute atomic E-state index is 12.3. The standard InChI is InChI=1S/C21H18ClNO4/c1-27-21(26)17-4-2-3-5-19(17)23-16(11-13-20(24)25)10-12-18(23)14-6-8-15(22)9-7-14/h2-10,12H,11,13H2,1H3,(H,24,25). The number of nitrogens with zero attached hydrogens (tertiary/aromatic N) is 1. The van der Waals surface area contributed by atoms with Gasteiger partial charge in [0, 0.05) is 10.7 Å². The van der Waals surface area contributed by atoms with Crippen LogP contribution < -0.4 is 0 Å². The summed E-state index contributed by atoms with van der Waals surface area (Å²) in [6.07, 6.45) is 0.322. The number of hydrogen-bond donors (Lipinski definition) is 1. The Balaban J connectivity index is 2.20. The van der Waals surface area contributed by atoms with Crippen LogP contribution in [0, 0.1) is 0 Å². The topological polar surface area (TPSA) is 68.5 Å². The first-order valence-electron chi connectivity index (χ1n) is 8.37. The number of carbonyl (C=O) groups excluding carboxylic acids is 1. The molecule has 0 saturated carbocycles. The van der Waals surface area contributed by atoms with Crippen molar-refractivity contribution >= 4 is 23.5 Å². The Hall–Kier alpha value is -3.05. The first-order valence-corrected chi connectivity index (χ1v) is 8.75. The van der Waals surface area contributed by atoms with Crippen LogP contribution in [0.25, 0.3) is 16.9 Å². The second-order valence-corrected chi connectivity index (χ2v) is 6.39. The van der Waals surface area contributed by atoms with Crippen LogP contribution >= 0.6 is 11.6 Å². The first kappa shape index (κ1) is 18.7. The van der Waals surface area contributed by atoms with Gasteiger partial charge in [-0.2, -0.15) is 0 Å². The lowest BCUT2D eigenvalue weighted by Crippen LogP contribution is -2.11. The van der Waals surface area contributed by atoms with Gasteiger partial charge in [0.05, 0.1) is 30.5 Å². The first-order chi connectivity index (χ1) is 13.0. The minimum Gasteiger partial charge on any atom is -0.481 e. The molecule has 2 aromatic carbocycles. The van der Waals surface area contributed by atoms with E-state index in [4.69, 9.17) is 21.4 Å². The van der Waals surface area contributed by atoms with Crippen molar-refractivity contribution in [3.63, 3.8) is 0 Å². The van der Waals surface area contributed by atoms with Gasteiger partial charge in [-0.05, 0) is 48.4 Å². The molecule has 27 heavy (non-hydrogen) atoms. The van der Waals surface area contributed by atoms with Gasteiger partial charge in [0.2, 0.25) is 0 Å². The lowest BCUT2D eigenvalue weighted by atomic mass is 10.1. The van der Waals surface area contributed by atoms with Gasteiger partial charge in [-0.15, -0.1) is 0 Å². The van der Waals surface area contributed by atoms with Crippen LogP contribution in [0.1, 0.15) is 22.5 Å². The average Bonchev–Trinajstić information content (AvgIpc) is 3.10. The van der Waals surface area contributed by atoms with E-state index >= 15 is 0 Å². The number of carboxylic acid groups (broad SMARTS) is 1. The summed E-state index contributed by atoms with van der Waals surface area (Å²) in [5.74, 6) is -1.33. The van der Waals surface area contributed by atoms with Crippen LogP contribution in [-0.4, -0.2) is 28.7 Å². The van der Waals surface area contributed by atoms with Gasteiger partial charge in [-0.1, -0.05) is 35.9 Å². The molecule has 0 aliphatic rings. The SMILES string of the molecule is COC(=O)c1ccccc1-n1c(CCC(=O)O)ccc1-c1ccc(Cl)cc1. The van der Waals surface area contributed by atoms with Crippen molar-refractivity contribution in [3.8, 4) is 16.9 Å². The molecule has 0 amide bonds. The van der Waals surface area contributed by atoms with Crippen molar-refractivity contribution < 1.29 is 19.4 Å². The quantitative estimate of drug-likeness (QED) is 0.631. The van der Waals surface area contributed by atoms with E-state index in [1.54, 1.807) is 24.3 Å². The molecule has 0 saturated heterocycles. The third-order valence-corrected chi connectivity index (χ3v) is 4.50. The highest BCUT2D eigenvalue weighted by atomic mass is 35.5. The summed E-state index contributed by atoms with van der Waals surface area (Å²) >= 11 is 6.00. The van der Waals surface area contributed by atoms with E-state index in [9.17, 15) is 9.59 Å². The molecular formula is C21H18ClNO4. The number of para-hydroxylation sites is 1. The normalized spacial score (nSPS) is 10.6. The fourth-order valence-corrected chi connectivity index (χ4v) is 3.12. The number of aromatic nitrogens is 1. The van der Waals surface area contributed by atoms with Gasteiger partial charge in [-0.3, -0.25) is 4.79 Å². The van der Waals surface area contributed by atoms with Crippen molar-refractivity contribution in [1.82, 2.24) is 4.57 Å². The summed E-state index contributed by atoms with van der Waals surface area (Å²) in [6, 6.07) is 18.2. The molecule has 0 atom stereocenters. The summed E-state index contributed by atoms with van der Waals surface area (Å²) in [5, 5.41) is 9.70. The summed E-state index contributed by atoms with van der Waals surface area (Å²) < 4.78 is 6.81. The molecule has 0 aliphatic heterocycles. The number of carboxylic acids is 1. The van der Waals surface area contributed by atoms with Crippen molar-refractivity contribution in [3.05, 3.63) is 76.9 Å². The minimum atomic E-state index is -0.878. The predicted molar refractivity (Wildman–Crippen MR) is 104 cm³/mol. The Labute approximate surface area is 161 Å². The van der Waals surface area contributed by atoms with Gasteiger partial charge in [0.1, 0.15) is 0 Å². The molecule has 0 spiro atoms. The third-order valence-electron chi connectivity index (χ3n) is 4.25. The molecule has 0 unspecified atom stereocenters. The average molecular weight is 384 g/mol. The van der Waals surface area contributed by atoms with Gasteiger partial charge >= 0.3 is 11.9 Å². The highest BCUT2D eigenvalue weighted by molar-refractivity contribution is 6.30. The van der Waals surface area contributed by atoms with Gasteiger partial charge in [0.25, 0.3) is 0 Å². The number of methoxy groups -OCH3 is 1. The zero-order valence-corrected chi connectivity index (χ0v) is 15.4. The third kappa shape index (κ3) is 4.04. The van der Waals surface area contributed by atoms with Gasteiger partial charge in [-0.25, -0.2) is 4.79 Å². The second kappa shape index (κ2) is 8.10. The number of rotatable bonds is 6. The molecule has 3 rings (SSSR count). The van der Waals surface area contributed by atoms with Crippen LogP contribution in [0.4, 0.5) is 0 Å². The zero-order chi connectivity index (χ0) is 19.4. The predicted octanol–water partition coefficient (Wildman–Crippen LogP) is 4.60. The Bertz CT molecular complexity index is 976. The van der Waals surface area contributed by atoms with E-state index in [0.717, 1.165) is 17.0 Å². The smallest absolute Gasteiger partial charge is 0.339 e. The van der Waals surface area contributed by atoms with Crippen molar-refractivity contribution in [2.24, 2.45) is 0 Å². The fraction of sp³-hybridized carbons (Fsp3) is 0.143. The number of benzene rings is 2. The van der Waals surface area contributed by atoms with Crippen molar-refractivity contribution in [1.29, 1.82) is 0 Å². The largest absolute Gasteiger partial charge is 0.481 e. The highest BCUT2D eigenvalue weighted by Crippen LogP contribution is 2.30. The maximum atomic E-state index is 12.3. The van der Waals surface area contributed by atoms with Crippen molar-refractivity contribution in [2.75, 3.05) is 7.11 Å². The number of esters is 1. The minimum absolute atomic E-state index is 0.00946. The molecule has 0 aliphatic carbocycles. The monoisotopic (exact) mass is 383 g/mol. The number of carbonyl (C=O) groups is 2. The summed E-state index contributed by atoms with van der Waals surface area (Å²) in [4.78, 5) is 23.3. The van der Waals surface area contributed by atoms with E-state index < -0.39 is 11.9 Å². The second-order valence-electron chi connectivity index (χ2n) is 5.95. The molecule has 6 heteroatoms. The molecule has 1 heterocycles. The fourth-order valence-electron chi connectivity index (χ4n) is 2.99. The molecule has 1 aromatic heterocycles. The number of aliphatic carboxylic acids is 1. The number of halogens is 1. The molecule has 0 bridgehead atoms. The molecule has 0 fully saturated rings. The Kier molecular flexibility index (Phi) is 5.62. The molecule has 0 radical (unpaired) electrons. The zero-order valence-electron chi connectivity index (χ0n) is 14.7. The Morgan fingerprint density at radius 1 is 1.04 bits per heavy atom. The van der Waals surface area contributed by atoms with Crippen LogP contribution in [0.3, 0.4) is 0 Å². The van der Waals surface area contributed by atoms with Gasteiger partial charge in [0.15, 0.2) is 0 Å². The Morgan fingerprint density at radius 3 is 2.41 bits per heavy atom. The van der Waals surface area contributed by atoms with E-state index in [1.807, 2.05) is 41.0 Å². The number of hydrogen-bond acceptors (Lipinski definition) is 3. The van der Waals surface area contributed by atoms with Crippen LogP contribution in [-0.2, 0) is 16.0 Å². The van der Waals surface area contributed by atoms with Gasteiger partial charge < -0.3 is 14.4 Å². The molecule has 138 valence electrons. The van der Waals surface area contributed by atoms with E-state index in [1.165, 1.54) is 7.11 Å². The van der Waals surface area contributed by atoms with Crippen molar-refractivity contribution in [2.45, 2.75) is 12.8 Å². The number of aryl methyl sites for hydroxylation is 1. The van der Waals surface area contributed by atoms with E-state index in [0.29, 0.717) is 22.7 Å². The van der Waals surface area contributed by atoms with E-state index in [2.05, 4.69) is 0 Å². The number of ether oxygens (including phenoxy) is 1. The summed E-state index contributed by atoms with van der Waals surface area (Å²) in [7, 11) is 1.33. The lowest BCUT2D eigenvalue weighted by molar-refractivity contribution is -0.136. The van der Waals surface area contributed by atoms with Crippen LogP contribution in [0.2, 0.25) is 5.02 Å². The highest BCUT2D eigenvalue weighted by Gasteiger charge is 2.19.